The average Bonchev–Trinajstić information content (AvgIpc) is 2.23. The van der Waals surface area contributed by atoms with E-state index in [1.165, 1.54) is 0 Å². The summed E-state index contributed by atoms with van der Waals surface area (Å²) in [5.41, 5.74) is 2.20. The third kappa shape index (κ3) is 1.95. The molecule has 0 aliphatic carbocycles. The van der Waals surface area contributed by atoms with Crippen molar-refractivity contribution < 1.29 is 4.74 Å². The fraction of sp³-hybridized carbons (Fsp3) is 0.455. The predicted molar refractivity (Wildman–Crippen MR) is 67.1 cm³/mol. The zero-order valence-corrected chi connectivity index (χ0v) is 11.1. The highest BCUT2D eigenvalue weighted by atomic mass is 79.9. The average molecular weight is 291 g/mol. The number of hydrogen-bond donors (Lipinski definition) is 1. The molecule has 1 aromatic rings. The molecule has 82 valence electrons. The standard InChI is InChI=1S/C11H13BrClNO/c1-6-3-4-7-10(13)8(12)5-9(15-2)11(7)14-6/h5-6,14H,3-4H2,1-2H3. The molecule has 1 aliphatic heterocycles. The molecule has 0 spiro atoms. The maximum Gasteiger partial charge on any atom is 0.143 e. The number of anilines is 1. The van der Waals surface area contributed by atoms with Gasteiger partial charge in [0.15, 0.2) is 0 Å². The van der Waals surface area contributed by atoms with Crippen LogP contribution in [0.5, 0.6) is 5.75 Å². The molecule has 0 saturated heterocycles. The minimum Gasteiger partial charge on any atom is -0.495 e. The Morgan fingerprint density at radius 1 is 1.60 bits per heavy atom. The van der Waals surface area contributed by atoms with Crippen LogP contribution in [0.1, 0.15) is 18.9 Å². The summed E-state index contributed by atoms with van der Waals surface area (Å²) < 4.78 is 6.24. The van der Waals surface area contributed by atoms with Crippen molar-refractivity contribution in [2.75, 3.05) is 12.4 Å². The molecule has 1 heterocycles. The molecule has 2 nitrogen and oxygen atoms in total. The molecule has 1 unspecified atom stereocenters. The third-order valence-electron chi connectivity index (χ3n) is 2.72. The number of halogens is 2. The van der Waals surface area contributed by atoms with Crippen LogP contribution in [-0.4, -0.2) is 13.2 Å². The van der Waals surface area contributed by atoms with E-state index in [-0.39, 0.29) is 0 Å². The quantitative estimate of drug-likeness (QED) is 0.848. The molecule has 1 N–H and O–H groups in total. The lowest BCUT2D eigenvalue weighted by Gasteiger charge is -2.27. The van der Waals surface area contributed by atoms with Crippen molar-refractivity contribution in [3.05, 3.63) is 21.1 Å². The molecule has 0 bridgehead atoms. The zero-order chi connectivity index (χ0) is 11.0. The van der Waals surface area contributed by atoms with Crippen LogP contribution in [0.4, 0.5) is 5.69 Å². The van der Waals surface area contributed by atoms with Gasteiger partial charge in [-0.3, -0.25) is 0 Å². The van der Waals surface area contributed by atoms with E-state index in [4.69, 9.17) is 16.3 Å². The van der Waals surface area contributed by atoms with Crippen LogP contribution < -0.4 is 10.1 Å². The molecule has 0 saturated carbocycles. The lowest BCUT2D eigenvalue weighted by atomic mass is 9.98. The molecular weight excluding hydrogens is 277 g/mol. The minimum absolute atomic E-state index is 0.476. The van der Waals surface area contributed by atoms with Crippen LogP contribution >= 0.6 is 27.5 Å². The molecule has 0 radical (unpaired) electrons. The van der Waals surface area contributed by atoms with Gasteiger partial charge in [-0.05, 0) is 47.3 Å². The van der Waals surface area contributed by atoms with Gasteiger partial charge in [0.25, 0.3) is 0 Å². The van der Waals surface area contributed by atoms with Gasteiger partial charge in [0.05, 0.1) is 17.8 Å². The lowest BCUT2D eigenvalue weighted by molar-refractivity contribution is 0.414. The van der Waals surface area contributed by atoms with Crippen molar-refractivity contribution in [1.29, 1.82) is 0 Å². The first-order valence-electron chi connectivity index (χ1n) is 4.95. The highest BCUT2D eigenvalue weighted by molar-refractivity contribution is 9.10. The van der Waals surface area contributed by atoms with E-state index < -0.39 is 0 Å². The van der Waals surface area contributed by atoms with Gasteiger partial charge in [0, 0.05) is 10.5 Å². The van der Waals surface area contributed by atoms with E-state index in [1.54, 1.807) is 7.11 Å². The van der Waals surface area contributed by atoms with E-state index in [0.717, 1.165) is 39.3 Å². The Morgan fingerprint density at radius 3 is 3.00 bits per heavy atom. The van der Waals surface area contributed by atoms with Crippen molar-refractivity contribution >= 4 is 33.2 Å². The Labute approximate surface area is 103 Å². The summed E-state index contributed by atoms with van der Waals surface area (Å²) >= 11 is 9.69. The number of fused-ring (bicyclic) bond motifs is 1. The van der Waals surface area contributed by atoms with Crippen LogP contribution in [0.25, 0.3) is 0 Å². The molecule has 0 aromatic heterocycles. The molecule has 1 aromatic carbocycles. The summed E-state index contributed by atoms with van der Waals surface area (Å²) in [7, 11) is 1.68. The second kappa shape index (κ2) is 4.22. The minimum atomic E-state index is 0.476. The fourth-order valence-electron chi connectivity index (χ4n) is 1.89. The number of benzene rings is 1. The lowest BCUT2D eigenvalue weighted by Crippen LogP contribution is -2.22. The SMILES string of the molecule is COc1cc(Br)c(Cl)c2c1NC(C)CC2. The predicted octanol–water partition coefficient (Wildman–Crippen LogP) is 3.86. The van der Waals surface area contributed by atoms with Gasteiger partial charge in [-0.15, -0.1) is 0 Å². The summed E-state index contributed by atoms with van der Waals surface area (Å²) in [6.07, 6.45) is 2.10. The van der Waals surface area contributed by atoms with Crippen LogP contribution in [0, 0.1) is 0 Å². The van der Waals surface area contributed by atoms with Gasteiger partial charge in [-0.2, -0.15) is 0 Å². The Balaban J connectivity index is 2.57. The van der Waals surface area contributed by atoms with Crippen molar-refractivity contribution in [2.24, 2.45) is 0 Å². The molecule has 4 heteroatoms. The van der Waals surface area contributed by atoms with Crippen molar-refractivity contribution in [1.82, 2.24) is 0 Å². The van der Waals surface area contributed by atoms with Crippen LogP contribution in [0.3, 0.4) is 0 Å². The zero-order valence-electron chi connectivity index (χ0n) is 8.73. The summed E-state index contributed by atoms with van der Waals surface area (Å²) in [6.45, 7) is 2.17. The van der Waals surface area contributed by atoms with Crippen molar-refractivity contribution in [2.45, 2.75) is 25.8 Å². The Kier molecular flexibility index (Phi) is 3.12. The monoisotopic (exact) mass is 289 g/mol. The van der Waals surface area contributed by atoms with Gasteiger partial charge in [0.1, 0.15) is 5.75 Å². The van der Waals surface area contributed by atoms with Gasteiger partial charge in [0.2, 0.25) is 0 Å². The molecular formula is C11H13BrClNO. The third-order valence-corrected chi connectivity index (χ3v) is 4.00. The molecule has 15 heavy (non-hydrogen) atoms. The fourth-order valence-corrected chi connectivity index (χ4v) is 2.58. The van der Waals surface area contributed by atoms with Gasteiger partial charge >= 0.3 is 0 Å². The number of methoxy groups -OCH3 is 1. The second-order valence-electron chi connectivity index (χ2n) is 3.81. The first-order valence-corrected chi connectivity index (χ1v) is 6.12. The van der Waals surface area contributed by atoms with Crippen LogP contribution in [-0.2, 0) is 6.42 Å². The second-order valence-corrected chi connectivity index (χ2v) is 5.04. The maximum absolute atomic E-state index is 6.25. The Bertz CT molecular complexity index is 395. The number of ether oxygens (including phenoxy) is 1. The largest absolute Gasteiger partial charge is 0.495 e. The Morgan fingerprint density at radius 2 is 2.33 bits per heavy atom. The van der Waals surface area contributed by atoms with Gasteiger partial charge in [-0.25, -0.2) is 0 Å². The highest BCUT2D eigenvalue weighted by Gasteiger charge is 2.22. The van der Waals surface area contributed by atoms with Crippen molar-refractivity contribution in [3.8, 4) is 5.75 Å². The first kappa shape index (κ1) is 11.1. The Hall–Kier alpha value is -0.410. The highest BCUT2D eigenvalue weighted by Crippen LogP contribution is 2.42. The molecule has 1 atom stereocenters. The molecule has 2 rings (SSSR count). The number of hydrogen-bond acceptors (Lipinski definition) is 2. The normalized spacial score (nSPS) is 19.3. The topological polar surface area (TPSA) is 21.3 Å². The van der Waals surface area contributed by atoms with Crippen molar-refractivity contribution in [3.63, 3.8) is 0 Å². The summed E-state index contributed by atoms with van der Waals surface area (Å²) in [6, 6.07) is 2.38. The smallest absolute Gasteiger partial charge is 0.143 e. The van der Waals surface area contributed by atoms with Crippen LogP contribution in [0.2, 0.25) is 5.02 Å². The molecule has 0 amide bonds. The number of nitrogens with one attached hydrogen (secondary N) is 1. The van der Waals surface area contributed by atoms with Gasteiger partial charge < -0.3 is 10.1 Å². The summed E-state index contributed by atoms with van der Waals surface area (Å²) in [4.78, 5) is 0. The van der Waals surface area contributed by atoms with E-state index >= 15 is 0 Å². The van der Waals surface area contributed by atoms with Gasteiger partial charge in [-0.1, -0.05) is 11.6 Å². The maximum atomic E-state index is 6.25. The summed E-state index contributed by atoms with van der Waals surface area (Å²) in [5, 5.41) is 4.21. The summed E-state index contributed by atoms with van der Waals surface area (Å²) in [5.74, 6) is 0.854. The molecule has 1 aliphatic rings. The van der Waals surface area contributed by atoms with E-state index in [1.807, 2.05) is 6.07 Å². The van der Waals surface area contributed by atoms with E-state index in [0.29, 0.717) is 6.04 Å². The van der Waals surface area contributed by atoms with Crippen LogP contribution in [0.15, 0.2) is 10.5 Å². The van der Waals surface area contributed by atoms with E-state index in [2.05, 4.69) is 28.2 Å². The molecule has 0 fully saturated rings. The van der Waals surface area contributed by atoms with E-state index in [9.17, 15) is 0 Å². The first-order chi connectivity index (χ1) is 7.13. The number of rotatable bonds is 1.